The normalized spacial score (nSPS) is 37.4. The Morgan fingerprint density at radius 1 is 1.10 bits per heavy atom. The average Bonchev–Trinajstić information content (AvgIpc) is 2.62. The van der Waals surface area contributed by atoms with Crippen LogP contribution in [0.25, 0.3) is 0 Å². The van der Waals surface area contributed by atoms with Crippen molar-refractivity contribution in [3.05, 3.63) is 0 Å². The molecule has 116 valence electrons. The number of methoxy groups -OCH3 is 1. The molecule has 2 aliphatic carbocycles. The van der Waals surface area contributed by atoms with Crippen LogP contribution in [0.2, 0.25) is 0 Å². The maximum Gasteiger partial charge on any atom is 0.0652 e. The van der Waals surface area contributed by atoms with Crippen LogP contribution < -0.4 is 5.32 Å². The van der Waals surface area contributed by atoms with Crippen molar-refractivity contribution in [3.8, 4) is 0 Å². The Balaban J connectivity index is 1.70. The summed E-state index contributed by atoms with van der Waals surface area (Å²) in [4.78, 5) is 2.79. The molecule has 1 heterocycles. The lowest BCUT2D eigenvalue weighted by Gasteiger charge is -2.56. The molecule has 0 bridgehead atoms. The molecule has 3 aliphatic rings. The van der Waals surface area contributed by atoms with E-state index in [1.165, 1.54) is 64.6 Å². The third-order valence-corrected chi connectivity index (χ3v) is 6.29. The van der Waals surface area contributed by atoms with Crippen LogP contribution >= 0.6 is 0 Å². The Bertz CT molecular complexity index is 336. The van der Waals surface area contributed by atoms with Crippen molar-refractivity contribution in [2.45, 2.75) is 76.5 Å². The first-order valence-electron chi connectivity index (χ1n) is 8.59. The van der Waals surface area contributed by atoms with Gasteiger partial charge in [0, 0.05) is 30.7 Å². The number of rotatable bonds is 2. The van der Waals surface area contributed by atoms with Gasteiger partial charge in [0.1, 0.15) is 0 Å². The van der Waals surface area contributed by atoms with Crippen LogP contribution in [0.15, 0.2) is 0 Å². The van der Waals surface area contributed by atoms with E-state index in [0.717, 1.165) is 0 Å². The van der Waals surface area contributed by atoms with Crippen molar-refractivity contribution in [2.24, 2.45) is 5.41 Å². The maximum absolute atomic E-state index is 5.65. The molecule has 1 aliphatic heterocycles. The zero-order chi connectivity index (χ0) is 14.2. The molecule has 0 aromatic carbocycles. The Hall–Kier alpha value is -0.120. The van der Waals surface area contributed by atoms with Crippen LogP contribution in [0, 0.1) is 5.41 Å². The van der Waals surface area contributed by atoms with E-state index in [1.807, 2.05) is 7.11 Å². The van der Waals surface area contributed by atoms with Gasteiger partial charge in [-0.1, -0.05) is 33.1 Å². The van der Waals surface area contributed by atoms with Crippen molar-refractivity contribution in [1.29, 1.82) is 0 Å². The van der Waals surface area contributed by atoms with Gasteiger partial charge in [-0.05, 0) is 38.8 Å². The molecule has 0 amide bonds. The summed E-state index contributed by atoms with van der Waals surface area (Å²) in [7, 11) is 1.87. The van der Waals surface area contributed by atoms with Gasteiger partial charge < -0.3 is 10.1 Å². The molecule has 1 spiro atoms. The van der Waals surface area contributed by atoms with Gasteiger partial charge in [-0.25, -0.2) is 0 Å². The smallest absolute Gasteiger partial charge is 0.0652 e. The maximum atomic E-state index is 5.65. The second-order valence-electron chi connectivity index (χ2n) is 7.89. The number of hydrogen-bond donors (Lipinski definition) is 1. The third kappa shape index (κ3) is 2.53. The van der Waals surface area contributed by atoms with Crippen molar-refractivity contribution in [3.63, 3.8) is 0 Å². The molecular formula is C17H32N2O. The summed E-state index contributed by atoms with van der Waals surface area (Å²) in [5.74, 6) is 0. The zero-order valence-electron chi connectivity index (χ0n) is 13.6. The summed E-state index contributed by atoms with van der Waals surface area (Å²) in [5, 5.41) is 3.91. The first kappa shape index (κ1) is 14.8. The van der Waals surface area contributed by atoms with Gasteiger partial charge in [-0.2, -0.15) is 0 Å². The van der Waals surface area contributed by atoms with E-state index in [2.05, 4.69) is 24.1 Å². The van der Waals surface area contributed by atoms with Gasteiger partial charge in [0.15, 0.2) is 0 Å². The highest BCUT2D eigenvalue weighted by molar-refractivity contribution is 5.06. The number of hydrogen-bond acceptors (Lipinski definition) is 3. The molecule has 0 aromatic heterocycles. The molecule has 2 saturated carbocycles. The molecule has 1 saturated heterocycles. The Morgan fingerprint density at radius 2 is 1.85 bits per heavy atom. The van der Waals surface area contributed by atoms with Crippen LogP contribution in [-0.2, 0) is 4.74 Å². The van der Waals surface area contributed by atoms with E-state index < -0.39 is 0 Å². The van der Waals surface area contributed by atoms with Gasteiger partial charge in [-0.15, -0.1) is 0 Å². The van der Waals surface area contributed by atoms with Gasteiger partial charge in [0.2, 0.25) is 0 Å². The van der Waals surface area contributed by atoms with E-state index >= 15 is 0 Å². The molecule has 3 fully saturated rings. The lowest BCUT2D eigenvalue weighted by molar-refractivity contribution is -0.140. The van der Waals surface area contributed by atoms with E-state index in [1.54, 1.807) is 0 Å². The van der Waals surface area contributed by atoms with Crippen LogP contribution in [0.5, 0.6) is 0 Å². The molecule has 0 aromatic rings. The predicted molar refractivity (Wildman–Crippen MR) is 83.0 cm³/mol. The quantitative estimate of drug-likeness (QED) is 0.842. The largest absolute Gasteiger partial charge is 0.381 e. The fraction of sp³-hybridized carbons (Fsp3) is 1.00. The van der Waals surface area contributed by atoms with Gasteiger partial charge >= 0.3 is 0 Å². The minimum atomic E-state index is 0.314. The standard InChI is InChI=1S/C17H32N2O/c1-16(2)14(12-15(16)20-3)19-11-7-10-18-17(13-19)8-5-4-6-9-17/h14-15,18H,4-13H2,1-3H3. The molecule has 3 nitrogen and oxygen atoms in total. The van der Waals surface area contributed by atoms with Crippen LogP contribution in [0.4, 0.5) is 0 Å². The highest BCUT2D eigenvalue weighted by atomic mass is 16.5. The summed E-state index contributed by atoms with van der Waals surface area (Å²) in [6, 6.07) is 0.714. The lowest BCUT2D eigenvalue weighted by atomic mass is 9.63. The van der Waals surface area contributed by atoms with Gasteiger partial charge in [0.25, 0.3) is 0 Å². The molecule has 2 unspecified atom stereocenters. The highest BCUT2D eigenvalue weighted by Gasteiger charge is 2.52. The van der Waals surface area contributed by atoms with Crippen LogP contribution in [0.3, 0.4) is 0 Å². The molecule has 0 radical (unpaired) electrons. The molecule has 3 heteroatoms. The predicted octanol–water partition coefficient (Wildman–Crippen LogP) is 2.80. The van der Waals surface area contributed by atoms with E-state index in [-0.39, 0.29) is 0 Å². The zero-order valence-corrected chi connectivity index (χ0v) is 13.6. The first-order valence-corrected chi connectivity index (χ1v) is 8.59. The van der Waals surface area contributed by atoms with Crippen molar-refractivity contribution >= 4 is 0 Å². The molecule has 20 heavy (non-hydrogen) atoms. The lowest BCUT2D eigenvalue weighted by Crippen LogP contribution is -2.64. The molecule has 2 atom stereocenters. The SMILES string of the molecule is COC1CC(N2CCCNC3(CCCCC3)C2)C1(C)C. The second-order valence-corrected chi connectivity index (χ2v) is 7.89. The fourth-order valence-corrected chi connectivity index (χ4v) is 4.87. The minimum Gasteiger partial charge on any atom is -0.381 e. The van der Waals surface area contributed by atoms with Crippen molar-refractivity contribution in [2.75, 3.05) is 26.7 Å². The summed E-state index contributed by atoms with van der Waals surface area (Å²) in [5.41, 5.74) is 0.734. The average molecular weight is 280 g/mol. The molecule has 3 rings (SSSR count). The fourth-order valence-electron chi connectivity index (χ4n) is 4.87. The van der Waals surface area contributed by atoms with E-state index in [9.17, 15) is 0 Å². The van der Waals surface area contributed by atoms with E-state index in [0.29, 0.717) is 23.1 Å². The molecule has 1 N–H and O–H groups in total. The molecular weight excluding hydrogens is 248 g/mol. The summed E-state index contributed by atoms with van der Waals surface area (Å²) >= 11 is 0. The van der Waals surface area contributed by atoms with Crippen LogP contribution in [0.1, 0.15) is 58.8 Å². The summed E-state index contributed by atoms with van der Waals surface area (Å²) in [6.07, 6.45) is 9.99. The monoisotopic (exact) mass is 280 g/mol. The number of ether oxygens (including phenoxy) is 1. The Morgan fingerprint density at radius 3 is 2.50 bits per heavy atom. The minimum absolute atomic E-state index is 0.314. The van der Waals surface area contributed by atoms with Crippen molar-refractivity contribution in [1.82, 2.24) is 10.2 Å². The number of nitrogens with one attached hydrogen (secondary N) is 1. The van der Waals surface area contributed by atoms with Crippen molar-refractivity contribution < 1.29 is 4.74 Å². The van der Waals surface area contributed by atoms with Gasteiger partial charge in [-0.3, -0.25) is 4.90 Å². The topological polar surface area (TPSA) is 24.5 Å². The van der Waals surface area contributed by atoms with E-state index in [4.69, 9.17) is 4.74 Å². The Labute approximate surface area is 124 Å². The third-order valence-electron chi connectivity index (χ3n) is 6.29. The summed E-state index contributed by atoms with van der Waals surface area (Å²) < 4.78 is 5.65. The van der Waals surface area contributed by atoms with Gasteiger partial charge in [0.05, 0.1) is 6.10 Å². The first-order chi connectivity index (χ1) is 9.57. The highest BCUT2D eigenvalue weighted by Crippen LogP contribution is 2.46. The van der Waals surface area contributed by atoms with Crippen LogP contribution in [-0.4, -0.2) is 49.3 Å². The second kappa shape index (κ2) is 5.58. The Kier molecular flexibility index (Phi) is 4.13. The summed E-state index contributed by atoms with van der Waals surface area (Å²) in [6.45, 7) is 8.51. The number of nitrogens with zero attached hydrogens (tertiary/aromatic N) is 1.